The Morgan fingerprint density at radius 2 is 1.00 bits per heavy atom. The van der Waals surface area contributed by atoms with Gasteiger partial charge in [0.05, 0.1) is 6.61 Å². The van der Waals surface area contributed by atoms with Crippen molar-refractivity contribution in [3.63, 3.8) is 0 Å². The normalized spacial score (nSPS) is 10.8. The molecule has 0 saturated heterocycles. The smallest absolute Gasteiger partial charge is 0.0716 e. The fourth-order valence-corrected chi connectivity index (χ4v) is 7.02. The largest absolute Gasteiger partial charge is 0.377 e. The highest BCUT2D eigenvalue weighted by Crippen LogP contribution is 2.34. The molecule has 0 aromatic heterocycles. The Morgan fingerprint density at radius 1 is 0.500 bits per heavy atom. The zero-order valence-corrected chi connectivity index (χ0v) is 24.3. The molecular weight excluding hydrogens is 570 g/mol. The topological polar surface area (TPSA) is 9.23 Å². The van der Waals surface area contributed by atoms with E-state index < -0.39 is 7.92 Å². The molecule has 0 saturated carbocycles. The standard InChI is InChI=1S/C33H37OP.HI/c1(2-4-17-27-34-28-29-18-8-5-9-19-29)3-10-20-30-21-15-16-26-33(30)35(31-22-11-6-12-23-31)32-24-13-7-14-25-32;/h5-9,11-16,18-19,21-26H,1-4,10,17,20,27-28H2;1H. The summed E-state index contributed by atoms with van der Waals surface area (Å²) in [6.45, 7) is 1.60. The Hall–Kier alpha value is -2.00. The number of rotatable bonds is 14. The van der Waals surface area contributed by atoms with Crippen molar-refractivity contribution in [1.82, 2.24) is 0 Å². The van der Waals surface area contributed by atoms with E-state index in [4.69, 9.17) is 4.74 Å². The summed E-state index contributed by atoms with van der Waals surface area (Å²) in [5, 5.41) is 4.36. The van der Waals surface area contributed by atoms with Crippen LogP contribution in [-0.4, -0.2) is 6.61 Å². The van der Waals surface area contributed by atoms with Crippen molar-refractivity contribution in [2.24, 2.45) is 0 Å². The number of aryl methyl sites for hydroxylation is 1. The third-order valence-electron chi connectivity index (χ3n) is 6.36. The molecule has 0 fully saturated rings. The van der Waals surface area contributed by atoms with Gasteiger partial charge in [-0.15, -0.1) is 24.0 Å². The number of halogens is 1. The summed E-state index contributed by atoms with van der Waals surface area (Å²) < 4.78 is 5.82. The molecule has 1 nitrogen and oxygen atoms in total. The van der Waals surface area contributed by atoms with Crippen LogP contribution in [0.1, 0.15) is 49.7 Å². The number of benzene rings is 4. The molecule has 0 unspecified atom stereocenters. The van der Waals surface area contributed by atoms with Crippen molar-refractivity contribution in [3.8, 4) is 0 Å². The van der Waals surface area contributed by atoms with Gasteiger partial charge in [0, 0.05) is 6.61 Å². The number of ether oxygens (including phenoxy) is 1. The lowest BCUT2D eigenvalue weighted by Gasteiger charge is -2.22. The summed E-state index contributed by atoms with van der Waals surface area (Å²) in [6.07, 6.45) is 8.76. The lowest BCUT2D eigenvalue weighted by atomic mass is 10.0. The molecular formula is C33H38IOP. The molecule has 0 amide bonds. The fraction of sp³-hybridized carbons (Fsp3) is 0.273. The molecule has 4 rings (SSSR count). The zero-order valence-electron chi connectivity index (χ0n) is 21.1. The van der Waals surface area contributed by atoms with E-state index in [0.29, 0.717) is 0 Å². The monoisotopic (exact) mass is 608 g/mol. The maximum atomic E-state index is 5.82. The Labute approximate surface area is 236 Å². The van der Waals surface area contributed by atoms with E-state index in [1.54, 1.807) is 0 Å². The molecule has 0 bridgehead atoms. The Balaban J connectivity index is 0.00000361. The van der Waals surface area contributed by atoms with Gasteiger partial charge in [-0.2, -0.15) is 0 Å². The number of hydrogen-bond donors (Lipinski definition) is 0. The SMILES string of the molecule is I.c1ccc(COCCCCCCCCc2ccccc2P(c2ccccc2)c2ccccc2)cc1. The average molecular weight is 609 g/mol. The molecule has 188 valence electrons. The van der Waals surface area contributed by atoms with E-state index in [-0.39, 0.29) is 24.0 Å². The highest BCUT2D eigenvalue weighted by molar-refractivity contribution is 14.0. The summed E-state index contributed by atoms with van der Waals surface area (Å²) >= 11 is 0. The van der Waals surface area contributed by atoms with Gasteiger partial charge >= 0.3 is 0 Å². The molecule has 0 aliphatic rings. The van der Waals surface area contributed by atoms with Gasteiger partial charge in [-0.05, 0) is 54.2 Å². The molecule has 36 heavy (non-hydrogen) atoms. The predicted molar refractivity (Wildman–Crippen MR) is 168 cm³/mol. The van der Waals surface area contributed by atoms with Crippen LogP contribution in [0.5, 0.6) is 0 Å². The second-order valence-corrected chi connectivity index (χ2v) is 11.2. The van der Waals surface area contributed by atoms with Crippen LogP contribution in [0.2, 0.25) is 0 Å². The van der Waals surface area contributed by atoms with Crippen LogP contribution >= 0.6 is 31.9 Å². The van der Waals surface area contributed by atoms with Crippen LogP contribution < -0.4 is 15.9 Å². The first kappa shape index (κ1) is 28.6. The van der Waals surface area contributed by atoms with Crippen molar-refractivity contribution in [2.45, 2.75) is 51.6 Å². The van der Waals surface area contributed by atoms with Crippen molar-refractivity contribution < 1.29 is 4.74 Å². The van der Waals surface area contributed by atoms with Gasteiger partial charge in [0.1, 0.15) is 0 Å². The molecule has 0 aliphatic heterocycles. The highest BCUT2D eigenvalue weighted by Gasteiger charge is 2.18. The van der Waals surface area contributed by atoms with Crippen LogP contribution in [0.4, 0.5) is 0 Å². The van der Waals surface area contributed by atoms with Crippen LogP contribution in [0, 0.1) is 0 Å². The van der Waals surface area contributed by atoms with Gasteiger partial charge in [0.25, 0.3) is 0 Å². The van der Waals surface area contributed by atoms with Gasteiger partial charge in [-0.25, -0.2) is 0 Å². The lowest BCUT2D eigenvalue weighted by molar-refractivity contribution is 0.116. The molecule has 0 atom stereocenters. The quantitative estimate of drug-likeness (QED) is 0.0798. The maximum absolute atomic E-state index is 5.82. The van der Waals surface area contributed by atoms with Crippen LogP contribution in [-0.2, 0) is 17.8 Å². The summed E-state index contributed by atoms with van der Waals surface area (Å²) in [4.78, 5) is 0. The van der Waals surface area contributed by atoms with Crippen LogP contribution in [0.15, 0.2) is 115 Å². The molecule has 0 heterocycles. The van der Waals surface area contributed by atoms with E-state index in [1.165, 1.54) is 59.1 Å². The second kappa shape index (κ2) is 16.7. The first-order chi connectivity index (χ1) is 17.4. The Kier molecular flexibility index (Phi) is 13.2. The van der Waals surface area contributed by atoms with Gasteiger partial charge < -0.3 is 4.74 Å². The minimum atomic E-state index is -0.534. The number of hydrogen-bond acceptors (Lipinski definition) is 1. The molecule has 0 radical (unpaired) electrons. The molecule has 0 N–H and O–H groups in total. The van der Waals surface area contributed by atoms with E-state index in [1.807, 2.05) is 6.07 Å². The van der Waals surface area contributed by atoms with Crippen molar-refractivity contribution >= 4 is 47.8 Å². The fourth-order valence-electron chi connectivity index (χ4n) is 4.51. The first-order valence-corrected chi connectivity index (χ1v) is 14.4. The molecule has 0 aliphatic carbocycles. The maximum Gasteiger partial charge on any atom is 0.0716 e. The first-order valence-electron chi connectivity index (χ1n) is 13.0. The molecule has 0 spiro atoms. The Morgan fingerprint density at radius 3 is 1.64 bits per heavy atom. The van der Waals surface area contributed by atoms with Gasteiger partial charge in [-0.1, -0.05) is 141 Å². The van der Waals surface area contributed by atoms with Crippen molar-refractivity contribution in [3.05, 3.63) is 126 Å². The molecule has 4 aromatic rings. The minimum absolute atomic E-state index is 0. The summed E-state index contributed by atoms with van der Waals surface area (Å²) in [7, 11) is -0.534. The van der Waals surface area contributed by atoms with E-state index in [2.05, 4.69) is 109 Å². The number of unbranched alkanes of at least 4 members (excludes halogenated alkanes) is 5. The van der Waals surface area contributed by atoms with Gasteiger partial charge in [0.2, 0.25) is 0 Å². The van der Waals surface area contributed by atoms with E-state index in [0.717, 1.165) is 26.1 Å². The van der Waals surface area contributed by atoms with Crippen molar-refractivity contribution in [1.29, 1.82) is 0 Å². The summed E-state index contributed by atoms with van der Waals surface area (Å²) in [6, 6.07) is 41.6. The van der Waals surface area contributed by atoms with Crippen LogP contribution in [0.25, 0.3) is 0 Å². The van der Waals surface area contributed by atoms with Crippen LogP contribution in [0.3, 0.4) is 0 Å². The average Bonchev–Trinajstić information content (AvgIpc) is 2.92. The summed E-state index contributed by atoms with van der Waals surface area (Å²) in [5.41, 5.74) is 2.77. The second-order valence-electron chi connectivity index (χ2n) is 9.04. The lowest BCUT2D eigenvalue weighted by Crippen LogP contribution is -2.23. The molecule has 3 heteroatoms. The van der Waals surface area contributed by atoms with E-state index in [9.17, 15) is 0 Å². The third-order valence-corrected chi connectivity index (χ3v) is 8.90. The van der Waals surface area contributed by atoms with E-state index >= 15 is 0 Å². The minimum Gasteiger partial charge on any atom is -0.377 e. The van der Waals surface area contributed by atoms with Crippen molar-refractivity contribution in [2.75, 3.05) is 6.61 Å². The van der Waals surface area contributed by atoms with Gasteiger partial charge in [-0.3, -0.25) is 0 Å². The highest BCUT2D eigenvalue weighted by atomic mass is 127. The third kappa shape index (κ3) is 9.14. The Bertz CT molecular complexity index is 1060. The summed E-state index contributed by atoms with van der Waals surface area (Å²) in [5.74, 6) is 0. The predicted octanol–water partition coefficient (Wildman–Crippen LogP) is 8.16. The van der Waals surface area contributed by atoms with Gasteiger partial charge in [0.15, 0.2) is 0 Å². The molecule has 4 aromatic carbocycles. The zero-order chi connectivity index (χ0) is 24.0.